The second kappa shape index (κ2) is 7.59. The molecule has 1 heterocycles. The Bertz CT molecular complexity index is 807. The van der Waals surface area contributed by atoms with Gasteiger partial charge in [-0.25, -0.2) is 0 Å². The molecule has 2 aromatic rings. The van der Waals surface area contributed by atoms with Crippen molar-refractivity contribution in [3.05, 3.63) is 65.2 Å². The summed E-state index contributed by atoms with van der Waals surface area (Å²) in [5, 5.41) is 9.04. The lowest BCUT2D eigenvalue weighted by Gasteiger charge is -2.24. The van der Waals surface area contributed by atoms with Crippen LogP contribution in [0.5, 0.6) is 5.75 Å². The molecule has 0 bridgehead atoms. The predicted octanol–water partition coefficient (Wildman–Crippen LogP) is 3.13. The maximum absolute atomic E-state index is 12.6. The number of hydrogen-bond donors (Lipinski definition) is 0. The zero-order valence-electron chi connectivity index (χ0n) is 15.2. The Hall–Kier alpha value is -2.84. The minimum Gasteiger partial charge on any atom is -0.497 e. The molecule has 0 saturated carbocycles. The van der Waals surface area contributed by atoms with E-state index in [0.29, 0.717) is 12.1 Å². The first kappa shape index (κ1) is 18.0. The van der Waals surface area contributed by atoms with Gasteiger partial charge in [0.25, 0.3) is 0 Å². The monoisotopic (exact) mass is 350 g/mol. The fourth-order valence-corrected chi connectivity index (χ4v) is 3.48. The van der Waals surface area contributed by atoms with E-state index in [4.69, 9.17) is 14.7 Å². The highest BCUT2D eigenvalue weighted by Gasteiger charge is 2.46. The number of carbonyl (C=O) groups is 1. The molecule has 134 valence electrons. The summed E-state index contributed by atoms with van der Waals surface area (Å²) in [7, 11) is 5.52. The number of ether oxygens (including phenoxy) is 2. The van der Waals surface area contributed by atoms with Crippen LogP contribution in [0.25, 0.3) is 0 Å². The van der Waals surface area contributed by atoms with Gasteiger partial charge in [0, 0.05) is 12.5 Å². The molecular formula is C21H22N2O3. The average molecular weight is 350 g/mol. The van der Waals surface area contributed by atoms with Crippen molar-refractivity contribution in [1.82, 2.24) is 4.90 Å². The summed E-state index contributed by atoms with van der Waals surface area (Å²) in [5.41, 5.74) is 2.54. The SMILES string of the molecule is COc1ccc([C@H]2OC(=O)C(CN(C)C)[C@H]2c2ccc(C#N)cc2)cc1. The summed E-state index contributed by atoms with van der Waals surface area (Å²) in [6.07, 6.45) is -0.355. The average Bonchev–Trinajstić information content (AvgIpc) is 2.97. The van der Waals surface area contributed by atoms with Gasteiger partial charge in [-0.2, -0.15) is 5.26 Å². The van der Waals surface area contributed by atoms with Gasteiger partial charge in [-0.15, -0.1) is 0 Å². The van der Waals surface area contributed by atoms with Crippen LogP contribution in [0.3, 0.4) is 0 Å². The van der Waals surface area contributed by atoms with Gasteiger partial charge in [0.2, 0.25) is 0 Å². The van der Waals surface area contributed by atoms with Crippen molar-refractivity contribution in [2.45, 2.75) is 12.0 Å². The van der Waals surface area contributed by atoms with Crippen molar-refractivity contribution in [1.29, 1.82) is 5.26 Å². The molecule has 5 nitrogen and oxygen atoms in total. The van der Waals surface area contributed by atoms with Gasteiger partial charge in [0.05, 0.1) is 24.7 Å². The van der Waals surface area contributed by atoms with Crippen LogP contribution >= 0.6 is 0 Å². The molecule has 26 heavy (non-hydrogen) atoms. The van der Waals surface area contributed by atoms with Crippen LogP contribution in [0, 0.1) is 17.2 Å². The number of cyclic esters (lactones) is 1. The lowest BCUT2D eigenvalue weighted by Crippen LogP contribution is -2.28. The van der Waals surface area contributed by atoms with E-state index in [1.165, 1.54) is 0 Å². The topological polar surface area (TPSA) is 62.6 Å². The summed E-state index contributed by atoms with van der Waals surface area (Å²) < 4.78 is 11.0. The second-order valence-electron chi connectivity index (χ2n) is 6.76. The van der Waals surface area contributed by atoms with Crippen molar-refractivity contribution in [2.75, 3.05) is 27.7 Å². The third-order valence-electron chi connectivity index (χ3n) is 4.74. The number of benzene rings is 2. The molecular weight excluding hydrogens is 328 g/mol. The van der Waals surface area contributed by atoms with Gasteiger partial charge >= 0.3 is 5.97 Å². The van der Waals surface area contributed by atoms with E-state index in [1.54, 1.807) is 19.2 Å². The summed E-state index contributed by atoms with van der Waals surface area (Å²) in [5.74, 6) is 0.211. The van der Waals surface area contributed by atoms with Gasteiger partial charge in [0.1, 0.15) is 11.9 Å². The number of nitrogens with zero attached hydrogens (tertiary/aromatic N) is 2. The molecule has 3 atom stereocenters. The molecule has 3 rings (SSSR count). The van der Waals surface area contributed by atoms with Crippen molar-refractivity contribution in [3.8, 4) is 11.8 Å². The fraction of sp³-hybridized carbons (Fsp3) is 0.333. The maximum Gasteiger partial charge on any atom is 0.311 e. The highest BCUT2D eigenvalue weighted by Crippen LogP contribution is 2.46. The number of rotatable bonds is 5. The van der Waals surface area contributed by atoms with Gasteiger partial charge in [-0.3, -0.25) is 4.79 Å². The lowest BCUT2D eigenvalue weighted by molar-refractivity contribution is -0.144. The maximum atomic E-state index is 12.6. The van der Waals surface area contributed by atoms with Crippen LogP contribution in [-0.4, -0.2) is 38.6 Å². The molecule has 5 heteroatoms. The molecule has 1 fully saturated rings. The van der Waals surface area contributed by atoms with Crippen LogP contribution in [0.15, 0.2) is 48.5 Å². The zero-order valence-corrected chi connectivity index (χ0v) is 15.2. The van der Waals surface area contributed by atoms with Gasteiger partial charge in [-0.1, -0.05) is 24.3 Å². The molecule has 1 aliphatic heterocycles. The summed E-state index contributed by atoms with van der Waals surface area (Å²) in [6.45, 7) is 0.607. The summed E-state index contributed by atoms with van der Waals surface area (Å²) in [4.78, 5) is 14.6. The predicted molar refractivity (Wildman–Crippen MR) is 97.8 cm³/mol. The molecule has 1 saturated heterocycles. The van der Waals surface area contributed by atoms with Crippen LogP contribution in [0.2, 0.25) is 0 Å². The van der Waals surface area contributed by atoms with Gasteiger partial charge < -0.3 is 14.4 Å². The molecule has 0 N–H and O–H groups in total. The standard InChI is InChI=1S/C21H22N2O3/c1-23(2)13-18-19(15-6-4-14(12-22)5-7-15)20(26-21(18)24)16-8-10-17(25-3)11-9-16/h4-11,18-20H,13H2,1-3H3/t18?,19-,20-/m1/s1. The summed E-state index contributed by atoms with van der Waals surface area (Å²) in [6, 6.07) is 17.2. The largest absolute Gasteiger partial charge is 0.497 e. The van der Waals surface area contributed by atoms with Crippen LogP contribution < -0.4 is 4.74 Å². The Balaban J connectivity index is 2.00. The smallest absolute Gasteiger partial charge is 0.311 e. The molecule has 2 aromatic carbocycles. The number of methoxy groups -OCH3 is 1. The Morgan fingerprint density at radius 3 is 2.23 bits per heavy atom. The highest BCUT2D eigenvalue weighted by atomic mass is 16.6. The molecule has 0 aliphatic carbocycles. The quantitative estimate of drug-likeness (QED) is 0.775. The number of hydrogen-bond acceptors (Lipinski definition) is 5. The molecule has 1 unspecified atom stereocenters. The fourth-order valence-electron chi connectivity index (χ4n) is 3.48. The minimum absolute atomic E-state index is 0.106. The lowest BCUT2D eigenvalue weighted by atomic mass is 9.81. The van der Waals surface area contributed by atoms with Gasteiger partial charge in [0.15, 0.2) is 0 Å². The third kappa shape index (κ3) is 3.56. The van der Waals surface area contributed by atoms with Gasteiger partial charge in [-0.05, 0) is 49.5 Å². The Kier molecular flexibility index (Phi) is 5.24. The van der Waals surface area contributed by atoms with Crippen molar-refractivity contribution < 1.29 is 14.3 Å². The first-order valence-electron chi connectivity index (χ1n) is 8.52. The van der Waals surface area contributed by atoms with E-state index in [1.807, 2.05) is 55.4 Å². The number of esters is 1. The molecule has 0 spiro atoms. The van der Waals surface area contributed by atoms with E-state index in [9.17, 15) is 4.79 Å². The Morgan fingerprint density at radius 1 is 1.08 bits per heavy atom. The van der Waals surface area contributed by atoms with E-state index >= 15 is 0 Å². The normalized spacial score (nSPS) is 22.1. The summed E-state index contributed by atoms with van der Waals surface area (Å²) >= 11 is 0. The number of carbonyl (C=O) groups excluding carboxylic acids is 1. The van der Waals surface area contributed by atoms with E-state index < -0.39 is 0 Å². The van der Waals surface area contributed by atoms with Crippen molar-refractivity contribution >= 4 is 5.97 Å². The first-order valence-corrected chi connectivity index (χ1v) is 8.52. The molecule has 0 aromatic heterocycles. The molecule has 0 amide bonds. The van der Waals surface area contributed by atoms with E-state index in [-0.39, 0.29) is 23.9 Å². The third-order valence-corrected chi connectivity index (χ3v) is 4.74. The van der Waals surface area contributed by atoms with Crippen molar-refractivity contribution in [3.63, 3.8) is 0 Å². The van der Waals surface area contributed by atoms with Crippen LogP contribution in [-0.2, 0) is 9.53 Å². The van der Waals surface area contributed by atoms with E-state index in [0.717, 1.165) is 16.9 Å². The molecule has 0 radical (unpaired) electrons. The van der Waals surface area contributed by atoms with Crippen LogP contribution in [0.1, 0.15) is 28.7 Å². The Labute approximate surface area is 153 Å². The molecule has 1 aliphatic rings. The van der Waals surface area contributed by atoms with E-state index in [2.05, 4.69) is 6.07 Å². The highest BCUT2D eigenvalue weighted by molar-refractivity contribution is 5.77. The minimum atomic E-state index is -0.355. The number of nitriles is 1. The Morgan fingerprint density at radius 2 is 1.69 bits per heavy atom. The second-order valence-corrected chi connectivity index (χ2v) is 6.76. The zero-order chi connectivity index (χ0) is 18.7. The van der Waals surface area contributed by atoms with Crippen LogP contribution in [0.4, 0.5) is 0 Å². The first-order chi connectivity index (χ1) is 12.5. The van der Waals surface area contributed by atoms with Crippen molar-refractivity contribution in [2.24, 2.45) is 5.92 Å².